The van der Waals surface area contributed by atoms with Crippen LogP contribution in [0, 0.1) is 11.8 Å². The number of rotatable bonds is 5. The zero-order chi connectivity index (χ0) is 12.5. The van der Waals surface area contributed by atoms with Gasteiger partial charge < -0.3 is 5.11 Å². The first kappa shape index (κ1) is 13.8. The van der Waals surface area contributed by atoms with Gasteiger partial charge >= 0.3 is 0 Å². The summed E-state index contributed by atoms with van der Waals surface area (Å²) in [5.74, 6) is 5.92. The Hall–Kier alpha value is -1.26. The van der Waals surface area contributed by atoms with Crippen molar-refractivity contribution in [2.75, 3.05) is 0 Å². The zero-order valence-corrected chi connectivity index (χ0v) is 10.9. The van der Waals surface area contributed by atoms with Crippen molar-refractivity contribution >= 4 is 0 Å². The van der Waals surface area contributed by atoms with Gasteiger partial charge in [0.25, 0.3) is 0 Å². The molecular formula is C16H22O. The molecule has 0 aromatic heterocycles. The van der Waals surface area contributed by atoms with Crippen molar-refractivity contribution in [2.45, 2.75) is 52.1 Å². The summed E-state index contributed by atoms with van der Waals surface area (Å²) in [4.78, 5) is 0. The quantitative estimate of drug-likeness (QED) is 0.606. The smallest absolute Gasteiger partial charge is 0.115 e. The first-order valence-electron chi connectivity index (χ1n) is 6.54. The SMILES string of the molecule is CCCCCC(O)C#Cc1ccc(CC)cc1. The molecule has 1 nitrogen and oxygen atoms in total. The number of aliphatic hydroxyl groups excluding tert-OH is 1. The lowest BCUT2D eigenvalue weighted by Crippen LogP contribution is -2.02. The molecule has 0 amide bonds. The summed E-state index contributed by atoms with van der Waals surface area (Å²) in [6.07, 6.45) is 4.76. The minimum atomic E-state index is -0.479. The third kappa shape index (κ3) is 5.56. The van der Waals surface area contributed by atoms with Gasteiger partial charge in [0, 0.05) is 5.56 Å². The summed E-state index contributed by atoms with van der Waals surface area (Å²) >= 11 is 0. The average molecular weight is 230 g/mol. The molecular weight excluding hydrogens is 208 g/mol. The van der Waals surface area contributed by atoms with Gasteiger partial charge in [-0.15, -0.1) is 0 Å². The lowest BCUT2D eigenvalue weighted by molar-refractivity contribution is 0.217. The monoisotopic (exact) mass is 230 g/mol. The van der Waals surface area contributed by atoms with Crippen LogP contribution in [0.5, 0.6) is 0 Å². The maximum Gasteiger partial charge on any atom is 0.115 e. The molecule has 1 aromatic rings. The molecule has 0 saturated carbocycles. The Morgan fingerprint density at radius 3 is 2.41 bits per heavy atom. The molecule has 1 heteroatoms. The molecule has 1 N–H and O–H groups in total. The van der Waals surface area contributed by atoms with E-state index in [2.05, 4.69) is 37.8 Å². The van der Waals surface area contributed by atoms with Gasteiger partial charge in [0.2, 0.25) is 0 Å². The van der Waals surface area contributed by atoms with E-state index in [4.69, 9.17) is 0 Å². The Morgan fingerprint density at radius 1 is 1.12 bits per heavy atom. The molecule has 1 unspecified atom stereocenters. The lowest BCUT2D eigenvalue weighted by Gasteiger charge is -2.01. The minimum Gasteiger partial charge on any atom is -0.380 e. The summed E-state index contributed by atoms with van der Waals surface area (Å²) in [6, 6.07) is 8.22. The molecule has 1 rings (SSSR count). The van der Waals surface area contributed by atoms with Gasteiger partial charge in [0.05, 0.1) is 0 Å². The van der Waals surface area contributed by atoms with Crippen molar-refractivity contribution in [3.05, 3.63) is 35.4 Å². The van der Waals surface area contributed by atoms with E-state index in [0.717, 1.165) is 24.8 Å². The van der Waals surface area contributed by atoms with Crippen LogP contribution in [0.25, 0.3) is 0 Å². The normalized spacial score (nSPS) is 11.7. The third-order valence-corrected chi connectivity index (χ3v) is 2.83. The van der Waals surface area contributed by atoms with Gasteiger partial charge in [-0.25, -0.2) is 0 Å². The van der Waals surface area contributed by atoms with Gasteiger partial charge in [0.15, 0.2) is 0 Å². The molecule has 0 aliphatic heterocycles. The fourth-order valence-electron chi connectivity index (χ4n) is 1.65. The topological polar surface area (TPSA) is 20.2 Å². The largest absolute Gasteiger partial charge is 0.380 e. The highest BCUT2D eigenvalue weighted by Crippen LogP contribution is 2.05. The number of aliphatic hydroxyl groups is 1. The average Bonchev–Trinajstić information content (AvgIpc) is 2.37. The maximum atomic E-state index is 9.66. The van der Waals surface area contributed by atoms with Crippen LogP contribution in [0.2, 0.25) is 0 Å². The second-order valence-corrected chi connectivity index (χ2v) is 4.33. The minimum absolute atomic E-state index is 0.479. The van der Waals surface area contributed by atoms with Crippen molar-refractivity contribution in [2.24, 2.45) is 0 Å². The van der Waals surface area contributed by atoms with Gasteiger partial charge in [0.1, 0.15) is 6.10 Å². The van der Waals surface area contributed by atoms with Crippen LogP contribution in [0.1, 0.15) is 50.7 Å². The summed E-state index contributed by atoms with van der Waals surface area (Å²) in [7, 11) is 0. The van der Waals surface area contributed by atoms with Crippen LogP contribution in [-0.4, -0.2) is 11.2 Å². The van der Waals surface area contributed by atoms with Crippen LogP contribution < -0.4 is 0 Å². The van der Waals surface area contributed by atoms with Crippen LogP contribution in [0.3, 0.4) is 0 Å². The van der Waals surface area contributed by atoms with Gasteiger partial charge in [-0.1, -0.05) is 50.7 Å². The predicted octanol–water partition coefficient (Wildman–Crippen LogP) is 3.54. The molecule has 0 spiro atoms. The molecule has 17 heavy (non-hydrogen) atoms. The van der Waals surface area contributed by atoms with Crippen molar-refractivity contribution in [3.63, 3.8) is 0 Å². The fourth-order valence-corrected chi connectivity index (χ4v) is 1.65. The molecule has 0 aliphatic carbocycles. The third-order valence-electron chi connectivity index (χ3n) is 2.83. The summed E-state index contributed by atoms with van der Waals surface area (Å²) < 4.78 is 0. The maximum absolute atomic E-state index is 9.66. The van der Waals surface area contributed by atoms with E-state index in [-0.39, 0.29) is 0 Å². The number of hydrogen-bond acceptors (Lipinski definition) is 1. The fraction of sp³-hybridized carbons (Fsp3) is 0.500. The highest BCUT2D eigenvalue weighted by atomic mass is 16.3. The van der Waals surface area contributed by atoms with E-state index in [9.17, 15) is 5.11 Å². The summed E-state index contributed by atoms with van der Waals surface area (Å²) in [5, 5.41) is 9.66. The van der Waals surface area contributed by atoms with Crippen LogP contribution in [0.4, 0.5) is 0 Å². The lowest BCUT2D eigenvalue weighted by atomic mass is 10.1. The number of benzene rings is 1. The molecule has 0 radical (unpaired) electrons. The second kappa shape index (κ2) is 7.92. The predicted molar refractivity (Wildman–Crippen MR) is 72.8 cm³/mol. The van der Waals surface area contributed by atoms with Crippen molar-refractivity contribution in [3.8, 4) is 11.8 Å². The van der Waals surface area contributed by atoms with Gasteiger partial charge in [-0.05, 0) is 37.0 Å². The molecule has 92 valence electrons. The standard InChI is InChI=1S/C16H22O/c1-3-5-6-7-16(17)13-12-15-10-8-14(4-2)9-11-15/h8-11,16-17H,3-7H2,1-2H3. The van der Waals surface area contributed by atoms with Gasteiger partial charge in [-0.2, -0.15) is 0 Å². The highest BCUT2D eigenvalue weighted by molar-refractivity contribution is 5.36. The Labute approximate surface area is 105 Å². The summed E-state index contributed by atoms with van der Waals surface area (Å²) in [6.45, 7) is 4.30. The molecule has 0 fully saturated rings. The first-order valence-corrected chi connectivity index (χ1v) is 6.54. The molecule has 0 bridgehead atoms. The van der Waals surface area contributed by atoms with Crippen molar-refractivity contribution in [1.82, 2.24) is 0 Å². The van der Waals surface area contributed by atoms with E-state index >= 15 is 0 Å². The van der Waals surface area contributed by atoms with Crippen LogP contribution in [-0.2, 0) is 6.42 Å². The second-order valence-electron chi connectivity index (χ2n) is 4.33. The number of hydrogen-bond donors (Lipinski definition) is 1. The first-order chi connectivity index (χ1) is 8.26. The van der Waals surface area contributed by atoms with Crippen molar-refractivity contribution < 1.29 is 5.11 Å². The molecule has 0 heterocycles. The Kier molecular flexibility index (Phi) is 6.43. The number of aryl methyl sites for hydroxylation is 1. The summed E-state index contributed by atoms with van der Waals surface area (Å²) in [5.41, 5.74) is 2.30. The molecule has 0 aliphatic rings. The van der Waals surface area contributed by atoms with E-state index in [0.29, 0.717) is 0 Å². The van der Waals surface area contributed by atoms with Gasteiger partial charge in [-0.3, -0.25) is 0 Å². The van der Waals surface area contributed by atoms with Crippen LogP contribution >= 0.6 is 0 Å². The Morgan fingerprint density at radius 2 is 1.82 bits per heavy atom. The zero-order valence-electron chi connectivity index (χ0n) is 10.9. The van der Waals surface area contributed by atoms with E-state index in [1.165, 1.54) is 18.4 Å². The number of unbranched alkanes of at least 4 members (excludes halogenated alkanes) is 2. The molecule has 0 saturated heterocycles. The Balaban J connectivity index is 2.46. The highest BCUT2D eigenvalue weighted by Gasteiger charge is 1.97. The van der Waals surface area contributed by atoms with Crippen molar-refractivity contribution in [1.29, 1.82) is 0 Å². The van der Waals surface area contributed by atoms with E-state index in [1.807, 2.05) is 12.1 Å². The van der Waals surface area contributed by atoms with Crippen LogP contribution in [0.15, 0.2) is 24.3 Å². The van der Waals surface area contributed by atoms with E-state index in [1.54, 1.807) is 0 Å². The molecule has 1 atom stereocenters. The Bertz CT molecular complexity index is 367. The molecule has 1 aromatic carbocycles. The van der Waals surface area contributed by atoms with E-state index < -0.39 is 6.10 Å².